The second-order valence-corrected chi connectivity index (χ2v) is 11.6. The minimum absolute atomic E-state index is 0.110. The van der Waals surface area contributed by atoms with Crippen LogP contribution in [-0.4, -0.2) is 20.4 Å². The van der Waals surface area contributed by atoms with Gasteiger partial charge in [0.15, 0.2) is 0 Å². The van der Waals surface area contributed by atoms with E-state index in [1.165, 1.54) is 0 Å². The Morgan fingerprint density at radius 3 is 0.786 bits per heavy atom. The topological polar surface area (TPSA) is 80.9 Å². The number of phenols is 4. The average molecular weight is 559 g/mol. The molecule has 4 heteroatoms. The van der Waals surface area contributed by atoms with Crippen LogP contribution in [0, 0.1) is 41.5 Å². The minimum atomic E-state index is -0.110. The Kier molecular flexibility index (Phi) is 7.74. The summed E-state index contributed by atoms with van der Waals surface area (Å²) in [6, 6.07) is 27.5. The van der Waals surface area contributed by atoms with Crippen molar-refractivity contribution in [2.24, 2.45) is 0 Å². The zero-order chi connectivity index (χ0) is 30.3. The molecule has 0 aliphatic carbocycles. The van der Waals surface area contributed by atoms with Gasteiger partial charge in [-0.25, -0.2) is 0 Å². The fraction of sp³-hybridized carbons (Fsp3) is 0.211. The van der Waals surface area contributed by atoms with Gasteiger partial charge in [-0.2, -0.15) is 0 Å². The van der Waals surface area contributed by atoms with E-state index in [-0.39, 0.29) is 34.8 Å². The van der Waals surface area contributed by atoms with Crippen LogP contribution in [0.2, 0.25) is 0 Å². The Morgan fingerprint density at radius 2 is 0.571 bits per heavy atom. The zero-order valence-electron chi connectivity index (χ0n) is 25.0. The third kappa shape index (κ3) is 5.45. The van der Waals surface area contributed by atoms with Crippen LogP contribution in [0.1, 0.15) is 78.6 Å². The molecule has 5 aromatic carbocycles. The third-order valence-electron chi connectivity index (χ3n) is 8.49. The normalized spacial score (nSPS) is 11.4. The highest BCUT2D eigenvalue weighted by molar-refractivity contribution is 5.56. The van der Waals surface area contributed by atoms with Crippen LogP contribution in [0.5, 0.6) is 23.0 Å². The van der Waals surface area contributed by atoms with Gasteiger partial charge in [-0.1, -0.05) is 60.7 Å². The molecule has 0 radical (unpaired) electrons. The highest BCUT2D eigenvalue weighted by Crippen LogP contribution is 2.42. The van der Waals surface area contributed by atoms with E-state index in [1.807, 2.05) is 76.2 Å². The lowest BCUT2D eigenvalue weighted by Gasteiger charge is -2.27. The van der Waals surface area contributed by atoms with Gasteiger partial charge >= 0.3 is 0 Å². The van der Waals surface area contributed by atoms with Gasteiger partial charge in [0.05, 0.1) is 0 Å². The van der Waals surface area contributed by atoms with E-state index >= 15 is 0 Å². The first kappa shape index (κ1) is 28.8. The Labute approximate surface area is 248 Å². The first-order valence-corrected chi connectivity index (χ1v) is 14.2. The van der Waals surface area contributed by atoms with E-state index in [9.17, 15) is 20.4 Å². The molecule has 0 saturated carbocycles. The summed E-state index contributed by atoms with van der Waals surface area (Å²) in [5, 5.41) is 41.1. The second kappa shape index (κ2) is 11.3. The van der Waals surface area contributed by atoms with Gasteiger partial charge in [-0.05, 0) is 133 Å². The number of benzene rings is 5. The Hall–Kier alpha value is -4.70. The molecule has 0 heterocycles. The van der Waals surface area contributed by atoms with Crippen LogP contribution in [0.25, 0.3) is 0 Å². The summed E-state index contributed by atoms with van der Waals surface area (Å²) in [4.78, 5) is 0. The lowest BCUT2D eigenvalue weighted by Crippen LogP contribution is -2.11. The summed E-state index contributed by atoms with van der Waals surface area (Å²) in [5.41, 5.74) is 12.0. The summed E-state index contributed by atoms with van der Waals surface area (Å²) in [6.07, 6.45) is 0. The van der Waals surface area contributed by atoms with Gasteiger partial charge in [0.1, 0.15) is 23.0 Å². The van der Waals surface area contributed by atoms with Crippen LogP contribution in [-0.2, 0) is 0 Å². The Bertz CT molecular complexity index is 1560. The molecule has 0 unspecified atom stereocenters. The summed E-state index contributed by atoms with van der Waals surface area (Å²) < 4.78 is 0. The molecule has 0 aromatic heterocycles. The number of hydrogen-bond acceptors (Lipinski definition) is 4. The first-order chi connectivity index (χ1) is 19.9. The van der Waals surface area contributed by atoms with Crippen molar-refractivity contribution in [2.75, 3.05) is 0 Å². The molecule has 0 atom stereocenters. The maximum atomic E-state index is 10.3. The molecule has 5 aromatic rings. The Balaban J connectivity index is 1.72. The average Bonchev–Trinajstić information content (AvgIpc) is 2.94. The summed E-state index contributed by atoms with van der Waals surface area (Å²) in [5.74, 6) is 0.832. The van der Waals surface area contributed by atoms with Gasteiger partial charge in [0, 0.05) is 11.8 Å². The molecule has 42 heavy (non-hydrogen) atoms. The molecule has 4 N–H and O–H groups in total. The number of phenolic OH excluding ortho intramolecular Hbond substituents is 4. The summed E-state index contributed by atoms with van der Waals surface area (Å²) in [7, 11) is 0. The minimum Gasteiger partial charge on any atom is -0.508 e. The molecule has 0 saturated heterocycles. The maximum absolute atomic E-state index is 10.3. The van der Waals surface area contributed by atoms with Crippen LogP contribution >= 0.6 is 0 Å². The highest BCUT2D eigenvalue weighted by atomic mass is 16.3. The van der Waals surface area contributed by atoms with Gasteiger partial charge in [-0.15, -0.1) is 0 Å². The van der Waals surface area contributed by atoms with Crippen molar-refractivity contribution in [1.82, 2.24) is 0 Å². The van der Waals surface area contributed by atoms with E-state index < -0.39 is 0 Å². The highest BCUT2D eigenvalue weighted by Gasteiger charge is 2.25. The first-order valence-electron chi connectivity index (χ1n) is 14.2. The Morgan fingerprint density at radius 1 is 0.333 bits per heavy atom. The number of aryl methyl sites for hydroxylation is 6. The van der Waals surface area contributed by atoms with E-state index in [4.69, 9.17) is 0 Å². The van der Waals surface area contributed by atoms with Crippen LogP contribution in [0.3, 0.4) is 0 Å². The number of rotatable bonds is 6. The van der Waals surface area contributed by atoms with E-state index in [0.717, 1.165) is 66.8 Å². The summed E-state index contributed by atoms with van der Waals surface area (Å²) >= 11 is 0. The molecule has 0 aliphatic rings. The van der Waals surface area contributed by atoms with Crippen LogP contribution in [0.4, 0.5) is 0 Å². The molecule has 214 valence electrons. The van der Waals surface area contributed by atoms with Gasteiger partial charge in [0.25, 0.3) is 0 Å². The number of aromatic hydroxyl groups is 4. The van der Waals surface area contributed by atoms with Crippen molar-refractivity contribution in [3.63, 3.8) is 0 Å². The quantitative estimate of drug-likeness (QED) is 0.157. The predicted molar refractivity (Wildman–Crippen MR) is 169 cm³/mol. The number of hydrogen-bond donors (Lipinski definition) is 4. The van der Waals surface area contributed by atoms with Gasteiger partial charge < -0.3 is 20.4 Å². The molecule has 4 nitrogen and oxygen atoms in total. The molecule has 0 amide bonds. The third-order valence-corrected chi connectivity index (χ3v) is 8.49. The SMILES string of the molecule is Cc1cc(C(c2ccc(O)c(C)c2)c2cc(C)c(C(c3ccc(O)c(C)c3)c3ccc(O)c(C)c3)cc2C)ccc1O. The van der Waals surface area contributed by atoms with Crippen molar-refractivity contribution in [2.45, 2.75) is 53.4 Å². The van der Waals surface area contributed by atoms with Crippen molar-refractivity contribution in [1.29, 1.82) is 0 Å². The van der Waals surface area contributed by atoms with Crippen molar-refractivity contribution in [3.05, 3.63) is 152 Å². The molecule has 0 aliphatic heterocycles. The summed E-state index contributed by atoms with van der Waals surface area (Å²) in [6.45, 7) is 11.9. The molecule has 0 bridgehead atoms. The van der Waals surface area contributed by atoms with Crippen LogP contribution < -0.4 is 0 Å². The molecular formula is C38H38O4. The monoisotopic (exact) mass is 558 g/mol. The zero-order valence-corrected chi connectivity index (χ0v) is 25.0. The van der Waals surface area contributed by atoms with Gasteiger partial charge in [0.2, 0.25) is 0 Å². The van der Waals surface area contributed by atoms with Crippen molar-refractivity contribution >= 4 is 0 Å². The standard InChI is InChI=1S/C38H38O4/c1-21-19-32(38(29-9-13-35(41)25(5)17-29)30-10-14-36(42)26(6)18-30)22(2)20-31(21)37(27-7-11-33(39)23(3)15-27)28-8-12-34(40)24(4)16-28/h7-20,37-42H,1-6H3. The predicted octanol–water partition coefficient (Wildman–Crippen LogP) is 8.72. The largest absolute Gasteiger partial charge is 0.508 e. The molecule has 0 spiro atoms. The molecular weight excluding hydrogens is 520 g/mol. The van der Waals surface area contributed by atoms with Gasteiger partial charge in [-0.3, -0.25) is 0 Å². The smallest absolute Gasteiger partial charge is 0.118 e. The van der Waals surface area contributed by atoms with Crippen molar-refractivity contribution < 1.29 is 20.4 Å². The maximum Gasteiger partial charge on any atom is 0.118 e. The van der Waals surface area contributed by atoms with Crippen LogP contribution in [0.15, 0.2) is 84.9 Å². The second-order valence-electron chi connectivity index (χ2n) is 11.6. The lowest BCUT2D eigenvalue weighted by molar-refractivity contribution is 0.470. The fourth-order valence-electron chi connectivity index (χ4n) is 6.02. The molecule has 0 fully saturated rings. The van der Waals surface area contributed by atoms with E-state index in [2.05, 4.69) is 26.0 Å². The van der Waals surface area contributed by atoms with E-state index in [0.29, 0.717) is 0 Å². The lowest BCUT2D eigenvalue weighted by atomic mass is 9.77. The fourth-order valence-corrected chi connectivity index (χ4v) is 6.02. The van der Waals surface area contributed by atoms with Crippen molar-refractivity contribution in [3.8, 4) is 23.0 Å². The van der Waals surface area contributed by atoms with E-state index in [1.54, 1.807) is 24.3 Å². The molecule has 5 rings (SSSR count).